The van der Waals surface area contributed by atoms with Gasteiger partial charge in [0.2, 0.25) is 0 Å². The van der Waals surface area contributed by atoms with E-state index in [2.05, 4.69) is 10.1 Å². The number of carbonyl (C=O) groups is 1. The Balaban J connectivity index is 1.57. The maximum atomic E-state index is 12.4. The lowest BCUT2D eigenvalue weighted by atomic mass is 10.1. The molecule has 1 aliphatic heterocycles. The summed E-state index contributed by atoms with van der Waals surface area (Å²) < 4.78 is 5.22. The van der Waals surface area contributed by atoms with E-state index in [0.717, 1.165) is 24.5 Å². The molecule has 0 saturated carbocycles. The zero-order chi connectivity index (χ0) is 15.5. The number of hydrogen-bond donors (Lipinski definition) is 1. The Bertz CT molecular complexity index is 660. The molecule has 0 radical (unpaired) electrons. The summed E-state index contributed by atoms with van der Waals surface area (Å²) >= 11 is 0. The second-order valence-electron chi connectivity index (χ2n) is 5.52. The lowest BCUT2D eigenvalue weighted by Crippen LogP contribution is -2.48. The van der Waals surface area contributed by atoms with Gasteiger partial charge in [0, 0.05) is 32.2 Å². The number of amides is 1. The zero-order valence-electron chi connectivity index (χ0n) is 12.5. The molecule has 1 N–H and O–H groups in total. The molecule has 0 aliphatic carbocycles. The van der Waals surface area contributed by atoms with Crippen molar-refractivity contribution >= 4 is 5.91 Å². The summed E-state index contributed by atoms with van der Waals surface area (Å²) in [5.74, 6) is 0.762. The number of rotatable bonds is 3. The molecule has 0 unspecified atom stereocenters. The minimum Gasteiger partial charge on any atom is -0.507 e. The average Bonchev–Trinajstić information content (AvgIpc) is 2.93. The maximum absolute atomic E-state index is 12.4. The van der Waals surface area contributed by atoms with Crippen molar-refractivity contribution in [2.75, 3.05) is 26.2 Å². The molecular formula is C16H19N3O3. The first-order chi connectivity index (χ1) is 10.6. The van der Waals surface area contributed by atoms with Crippen LogP contribution < -0.4 is 0 Å². The third-order valence-electron chi connectivity index (χ3n) is 3.85. The van der Waals surface area contributed by atoms with Gasteiger partial charge in [0.15, 0.2) is 5.76 Å². The normalized spacial score (nSPS) is 16.0. The third-order valence-corrected chi connectivity index (χ3v) is 3.85. The molecule has 1 saturated heterocycles. The van der Waals surface area contributed by atoms with Crippen molar-refractivity contribution in [2.45, 2.75) is 13.5 Å². The molecule has 1 aromatic heterocycles. The Labute approximate surface area is 128 Å². The van der Waals surface area contributed by atoms with Crippen LogP contribution in [0.3, 0.4) is 0 Å². The van der Waals surface area contributed by atoms with Gasteiger partial charge in [-0.1, -0.05) is 17.3 Å². The van der Waals surface area contributed by atoms with Crippen LogP contribution in [0, 0.1) is 6.92 Å². The van der Waals surface area contributed by atoms with Crippen molar-refractivity contribution in [2.24, 2.45) is 0 Å². The molecule has 2 heterocycles. The van der Waals surface area contributed by atoms with Crippen LogP contribution in [0.25, 0.3) is 0 Å². The Morgan fingerprint density at radius 1 is 1.27 bits per heavy atom. The van der Waals surface area contributed by atoms with Gasteiger partial charge in [-0.3, -0.25) is 9.69 Å². The molecule has 0 bridgehead atoms. The first-order valence-electron chi connectivity index (χ1n) is 7.35. The van der Waals surface area contributed by atoms with Crippen molar-refractivity contribution in [3.8, 4) is 5.75 Å². The van der Waals surface area contributed by atoms with Gasteiger partial charge in [-0.2, -0.15) is 0 Å². The molecule has 0 spiro atoms. The smallest absolute Gasteiger partial charge is 0.257 e. The highest BCUT2D eigenvalue weighted by Crippen LogP contribution is 2.19. The molecule has 3 rings (SSSR count). The zero-order valence-corrected chi connectivity index (χ0v) is 12.5. The van der Waals surface area contributed by atoms with Crippen molar-refractivity contribution in [3.63, 3.8) is 0 Å². The quantitative estimate of drug-likeness (QED) is 0.933. The van der Waals surface area contributed by atoms with Crippen molar-refractivity contribution in [3.05, 3.63) is 47.3 Å². The van der Waals surface area contributed by atoms with E-state index in [-0.39, 0.29) is 11.7 Å². The second kappa shape index (κ2) is 6.19. The van der Waals surface area contributed by atoms with Gasteiger partial charge >= 0.3 is 0 Å². The van der Waals surface area contributed by atoms with E-state index < -0.39 is 0 Å². The van der Waals surface area contributed by atoms with Gasteiger partial charge in [0.05, 0.1) is 17.8 Å². The monoisotopic (exact) mass is 301 g/mol. The number of aryl methyl sites for hydroxylation is 1. The molecule has 0 atom stereocenters. The second-order valence-corrected chi connectivity index (χ2v) is 5.52. The van der Waals surface area contributed by atoms with E-state index in [4.69, 9.17) is 4.52 Å². The van der Waals surface area contributed by atoms with Crippen LogP contribution in [0.1, 0.15) is 21.8 Å². The minimum absolute atomic E-state index is 0.0343. The Kier molecular flexibility index (Phi) is 4.11. The highest BCUT2D eigenvalue weighted by molar-refractivity contribution is 5.96. The molecule has 2 aromatic rings. The van der Waals surface area contributed by atoms with Crippen LogP contribution in [0.5, 0.6) is 5.75 Å². The van der Waals surface area contributed by atoms with Crippen LogP contribution in [-0.4, -0.2) is 52.1 Å². The fourth-order valence-corrected chi connectivity index (χ4v) is 2.65. The summed E-state index contributed by atoms with van der Waals surface area (Å²) in [5, 5.41) is 13.7. The number of piperazine rings is 1. The minimum atomic E-state index is -0.117. The molecule has 1 amide bonds. The fraction of sp³-hybridized carbons (Fsp3) is 0.375. The summed E-state index contributed by atoms with van der Waals surface area (Å²) in [6.45, 7) is 5.44. The predicted molar refractivity (Wildman–Crippen MR) is 80.5 cm³/mol. The maximum Gasteiger partial charge on any atom is 0.257 e. The number of carbonyl (C=O) groups excluding carboxylic acids is 1. The SMILES string of the molecule is Cc1cc(CN2CCN(C(=O)c3ccccc3O)CC2)on1. The lowest BCUT2D eigenvalue weighted by Gasteiger charge is -2.34. The predicted octanol–water partition coefficient (Wildman–Crippen LogP) is 1.65. The summed E-state index contributed by atoms with van der Waals surface area (Å²) in [7, 11) is 0. The molecule has 6 nitrogen and oxygen atoms in total. The van der Waals surface area contributed by atoms with E-state index in [0.29, 0.717) is 25.2 Å². The topological polar surface area (TPSA) is 69.8 Å². The van der Waals surface area contributed by atoms with Gasteiger partial charge in [0.1, 0.15) is 5.75 Å². The summed E-state index contributed by atoms with van der Waals surface area (Å²) in [4.78, 5) is 16.4. The largest absolute Gasteiger partial charge is 0.507 e. The first-order valence-corrected chi connectivity index (χ1v) is 7.35. The number of benzene rings is 1. The van der Waals surface area contributed by atoms with Crippen molar-refractivity contribution in [1.82, 2.24) is 15.0 Å². The molecule has 22 heavy (non-hydrogen) atoms. The number of phenolic OH excluding ortho intramolecular Hbond substituents is 1. The van der Waals surface area contributed by atoms with Gasteiger partial charge < -0.3 is 14.5 Å². The van der Waals surface area contributed by atoms with E-state index in [9.17, 15) is 9.90 Å². The van der Waals surface area contributed by atoms with E-state index >= 15 is 0 Å². The summed E-state index contributed by atoms with van der Waals surface area (Å²) in [5.41, 5.74) is 1.24. The number of hydrogen-bond acceptors (Lipinski definition) is 5. The average molecular weight is 301 g/mol. The standard InChI is InChI=1S/C16H19N3O3/c1-12-10-13(22-17-12)11-18-6-8-19(9-7-18)16(21)14-4-2-3-5-15(14)20/h2-5,10,20H,6-9,11H2,1H3. The highest BCUT2D eigenvalue weighted by Gasteiger charge is 2.24. The molecular weight excluding hydrogens is 282 g/mol. The number of nitrogens with zero attached hydrogens (tertiary/aromatic N) is 3. The molecule has 116 valence electrons. The Hall–Kier alpha value is -2.34. The van der Waals surface area contributed by atoms with Crippen LogP contribution in [0.4, 0.5) is 0 Å². The van der Waals surface area contributed by atoms with Crippen molar-refractivity contribution < 1.29 is 14.4 Å². The van der Waals surface area contributed by atoms with Gasteiger partial charge in [-0.15, -0.1) is 0 Å². The van der Waals surface area contributed by atoms with E-state index in [1.165, 1.54) is 6.07 Å². The number of aromatic hydroxyl groups is 1. The third kappa shape index (κ3) is 3.12. The number of phenols is 1. The van der Waals surface area contributed by atoms with Crippen LogP contribution in [0.2, 0.25) is 0 Å². The highest BCUT2D eigenvalue weighted by atomic mass is 16.5. The van der Waals surface area contributed by atoms with Crippen molar-refractivity contribution in [1.29, 1.82) is 0 Å². The summed E-state index contributed by atoms with van der Waals surface area (Å²) in [6.07, 6.45) is 0. The number of aromatic nitrogens is 1. The lowest BCUT2D eigenvalue weighted by molar-refractivity contribution is 0.0614. The van der Waals surface area contributed by atoms with Crippen LogP contribution in [-0.2, 0) is 6.54 Å². The van der Waals surface area contributed by atoms with E-state index in [1.54, 1.807) is 23.1 Å². The molecule has 1 aromatic carbocycles. The Morgan fingerprint density at radius 3 is 2.64 bits per heavy atom. The van der Waals surface area contributed by atoms with Crippen LogP contribution >= 0.6 is 0 Å². The first kappa shape index (κ1) is 14.6. The number of para-hydroxylation sites is 1. The van der Waals surface area contributed by atoms with Crippen LogP contribution in [0.15, 0.2) is 34.9 Å². The summed E-state index contributed by atoms with van der Waals surface area (Å²) in [6, 6.07) is 8.59. The van der Waals surface area contributed by atoms with Gasteiger partial charge in [-0.25, -0.2) is 0 Å². The Morgan fingerprint density at radius 2 is 2.00 bits per heavy atom. The molecule has 6 heteroatoms. The van der Waals surface area contributed by atoms with Gasteiger partial charge in [-0.05, 0) is 19.1 Å². The molecule has 1 aliphatic rings. The fourth-order valence-electron chi connectivity index (χ4n) is 2.65. The molecule has 1 fully saturated rings. The van der Waals surface area contributed by atoms with E-state index in [1.807, 2.05) is 13.0 Å². The van der Waals surface area contributed by atoms with Gasteiger partial charge in [0.25, 0.3) is 5.91 Å².